The summed E-state index contributed by atoms with van der Waals surface area (Å²) in [7, 11) is 0. The number of hydrogen-bond donors (Lipinski definition) is 0. The molecule has 4 nitrogen and oxygen atoms in total. The van der Waals surface area contributed by atoms with Gasteiger partial charge in [0.15, 0.2) is 0 Å². The SMILES string of the molecule is C/C=C/N1CCC(OCCCN2CCN(Cc3ccccc3)CC2)CC1. The van der Waals surface area contributed by atoms with Crippen molar-refractivity contribution in [2.24, 2.45) is 0 Å². The molecule has 2 aliphatic heterocycles. The summed E-state index contributed by atoms with van der Waals surface area (Å²) < 4.78 is 6.11. The van der Waals surface area contributed by atoms with E-state index in [-0.39, 0.29) is 0 Å². The molecule has 2 aliphatic rings. The fourth-order valence-electron chi connectivity index (χ4n) is 3.95. The molecule has 0 spiro atoms. The van der Waals surface area contributed by atoms with E-state index in [9.17, 15) is 0 Å². The maximum Gasteiger partial charge on any atom is 0.0608 e. The van der Waals surface area contributed by atoms with Gasteiger partial charge in [0.25, 0.3) is 0 Å². The number of benzene rings is 1. The number of piperazine rings is 1. The van der Waals surface area contributed by atoms with Crippen LogP contribution in [0.3, 0.4) is 0 Å². The molecule has 0 aliphatic carbocycles. The number of piperidine rings is 1. The highest BCUT2D eigenvalue weighted by Gasteiger charge is 2.19. The molecule has 0 saturated carbocycles. The van der Waals surface area contributed by atoms with Gasteiger partial charge in [-0.1, -0.05) is 36.4 Å². The van der Waals surface area contributed by atoms with Gasteiger partial charge in [0.05, 0.1) is 6.10 Å². The van der Waals surface area contributed by atoms with Crippen LogP contribution < -0.4 is 0 Å². The van der Waals surface area contributed by atoms with E-state index in [4.69, 9.17) is 4.74 Å². The first-order chi connectivity index (χ1) is 12.8. The van der Waals surface area contributed by atoms with Crippen molar-refractivity contribution in [3.63, 3.8) is 0 Å². The minimum absolute atomic E-state index is 0.472. The molecule has 4 heteroatoms. The molecule has 0 amide bonds. The maximum absolute atomic E-state index is 6.11. The van der Waals surface area contributed by atoms with Crippen molar-refractivity contribution in [3.05, 3.63) is 48.2 Å². The average molecular weight is 358 g/mol. The first-order valence-electron chi connectivity index (χ1n) is 10.3. The van der Waals surface area contributed by atoms with E-state index in [2.05, 4.69) is 64.2 Å². The number of ether oxygens (including phenoxy) is 1. The minimum atomic E-state index is 0.472. The van der Waals surface area contributed by atoms with Crippen molar-refractivity contribution >= 4 is 0 Å². The lowest BCUT2D eigenvalue weighted by molar-refractivity contribution is 0.00999. The Labute approximate surface area is 159 Å². The highest BCUT2D eigenvalue weighted by molar-refractivity contribution is 5.14. The lowest BCUT2D eigenvalue weighted by Gasteiger charge is -2.35. The summed E-state index contributed by atoms with van der Waals surface area (Å²) in [6, 6.07) is 10.8. The Hall–Kier alpha value is -1.36. The van der Waals surface area contributed by atoms with Crippen molar-refractivity contribution in [2.45, 2.75) is 38.8 Å². The highest BCUT2D eigenvalue weighted by Crippen LogP contribution is 2.14. The summed E-state index contributed by atoms with van der Waals surface area (Å²) >= 11 is 0. The van der Waals surface area contributed by atoms with E-state index in [1.807, 2.05) is 0 Å². The van der Waals surface area contributed by atoms with E-state index in [0.717, 1.165) is 32.7 Å². The monoisotopic (exact) mass is 357 g/mol. The largest absolute Gasteiger partial charge is 0.378 e. The third-order valence-electron chi connectivity index (χ3n) is 5.52. The topological polar surface area (TPSA) is 19.0 Å². The van der Waals surface area contributed by atoms with Crippen LogP contribution in [-0.4, -0.2) is 73.2 Å². The van der Waals surface area contributed by atoms with Crippen molar-refractivity contribution in [3.8, 4) is 0 Å². The van der Waals surface area contributed by atoms with E-state index < -0.39 is 0 Å². The van der Waals surface area contributed by atoms with Crippen molar-refractivity contribution < 1.29 is 4.74 Å². The van der Waals surface area contributed by atoms with Crippen LogP contribution in [-0.2, 0) is 11.3 Å². The van der Waals surface area contributed by atoms with Gasteiger partial charge in [-0.15, -0.1) is 0 Å². The summed E-state index contributed by atoms with van der Waals surface area (Å²) in [6.07, 6.45) is 8.30. The van der Waals surface area contributed by atoms with Gasteiger partial charge in [-0.05, 0) is 37.9 Å². The van der Waals surface area contributed by atoms with Gasteiger partial charge in [-0.3, -0.25) is 4.90 Å². The van der Waals surface area contributed by atoms with Crippen LogP contribution in [0.25, 0.3) is 0 Å². The second kappa shape index (κ2) is 10.7. The number of nitrogens with zero attached hydrogens (tertiary/aromatic N) is 3. The molecule has 0 N–H and O–H groups in total. The average Bonchev–Trinajstić information content (AvgIpc) is 2.69. The number of allylic oxidation sites excluding steroid dienone is 1. The molecule has 0 bridgehead atoms. The van der Waals surface area contributed by atoms with Gasteiger partial charge < -0.3 is 14.5 Å². The molecular formula is C22H35N3O. The first-order valence-corrected chi connectivity index (χ1v) is 10.3. The van der Waals surface area contributed by atoms with Crippen LogP contribution >= 0.6 is 0 Å². The summed E-state index contributed by atoms with van der Waals surface area (Å²) in [6.45, 7) is 12.3. The molecule has 2 fully saturated rings. The fraction of sp³-hybridized carbons (Fsp3) is 0.636. The van der Waals surface area contributed by atoms with E-state index in [1.165, 1.54) is 51.1 Å². The Kier molecular flexibility index (Phi) is 7.99. The molecule has 2 heterocycles. The number of hydrogen-bond acceptors (Lipinski definition) is 4. The van der Waals surface area contributed by atoms with Gasteiger partial charge >= 0.3 is 0 Å². The number of likely N-dealkylation sites (tertiary alicyclic amines) is 1. The normalized spacial score (nSPS) is 20.9. The van der Waals surface area contributed by atoms with Crippen molar-refractivity contribution in [1.29, 1.82) is 0 Å². The summed E-state index contributed by atoms with van der Waals surface area (Å²) in [5, 5.41) is 0. The summed E-state index contributed by atoms with van der Waals surface area (Å²) in [5.41, 5.74) is 1.43. The molecule has 0 unspecified atom stereocenters. The Morgan fingerprint density at radius 2 is 1.65 bits per heavy atom. The Balaban J connectivity index is 1.23. The second-order valence-electron chi connectivity index (χ2n) is 7.55. The van der Waals surface area contributed by atoms with E-state index in [0.29, 0.717) is 6.10 Å². The molecule has 1 aromatic carbocycles. The van der Waals surface area contributed by atoms with Gasteiger partial charge in [0, 0.05) is 59.0 Å². The lowest BCUT2D eigenvalue weighted by Crippen LogP contribution is -2.46. The number of rotatable bonds is 8. The van der Waals surface area contributed by atoms with Gasteiger partial charge in [0.2, 0.25) is 0 Å². The predicted molar refractivity (Wildman–Crippen MR) is 108 cm³/mol. The second-order valence-corrected chi connectivity index (χ2v) is 7.55. The zero-order chi connectivity index (χ0) is 18.0. The smallest absolute Gasteiger partial charge is 0.0608 e. The van der Waals surface area contributed by atoms with Gasteiger partial charge in [-0.2, -0.15) is 0 Å². The third-order valence-corrected chi connectivity index (χ3v) is 5.52. The standard InChI is InChI=1S/C22H35N3O/c1-2-11-23-13-9-22(10-14-23)26-19-6-12-24-15-17-25(18-16-24)20-21-7-4-3-5-8-21/h2-5,7-8,11,22H,6,9-10,12-20H2,1H3/b11-2+. The van der Waals surface area contributed by atoms with Crippen LogP contribution in [0.15, 0.2) is 42.6 Å². The quantitative estimate of drug-likeness (QED) is 0.665. The maximum atomic E-state index is 6.11. The molecule has 0 atom stereocenters. The van der Waals surface area contributed by atoms with Crippen LogP contribution in [0.5, 0.6) is 0 Å². The predicted octanol–water partition coefficient (Wildman–Crippen LogP) is 3.21. The third kappa shape index (κ3) is 6.42. The molecule has 3 rings (SSSR count). The highest BCUT2D eigenvalue weighted by atomic mass is 16.5. The minimum Gasteiger partial charge on any atom is -0.378 e. The van der Waals surface area contributed by atoms with Crippen LogP contribution in [0, 0.1) is 0 Å². The molecule has 0 radical (unpaired) electrons. The molecule has 1 aromatic rings. The van der Waals surface area contributed by atoms with E-state index in [1.54, 1.807) is 0 Å². The van der Waals surface area contributed by atoms with Crippen LogP contribution in [0.4, 0.5) is 0 Å². The molecule has 2 saturated heterocycles. The lowest BCUT2D eigenvalue weighted by atomic mass is 10.1. The molecule has 0 aromatic heterocycles. The molecular weight excluding hydrogens is 322 g/mol. The Morgan fingerprint density at radius 1 is 0.962 bits per heavy atom. The zero-order valence-corrected chi connectivity index (χ0v) is 16.4. The van der Waals surface area contributed by atoms with Crippen LogP contribution in [0.1, 0.15) is 31.7 Å². The van der Waals surface area contributed by atoms with Gasteiger partial charge in [0.1, 0.15) is 0 Å². The zero-order valence-electron chi connectivity index (χ0n) is 16.4. The molecule has 144 valence electrons. The fourth-order valence-corrected chi connectivity index (χ4v) is 3.95. The van der Waals surface area contributed by atoms with Crippen LogP contribution in [0.2, 0.25) is 0 Å². The first kappa shape index (κ1) is 19.4. The Bertz CT molecular complexity index is 517. The molecule has 26 heavy (non-hydrogen) atoms. The van der Waals surface area contributed by atoms with Gasteiger partial charge in [-0.25, -0.2) is 0 Å². The van der Waals surface area contributed by atoms with Crippen molar-refractivity contribution in [2.75, 3.05) is 52.4 Å². The summed E-state index contributed by atoms with van der Waals surface area (Å²) in [4.78, 5) is 7.56. The summed E-state index contributed by atoms with van der Waals surface area (Å²) in [5.74, 6) is 0. The Morgan fingerprint density at radius 3 is 2.35 bits per heavy atom. The van der Waals surface area contributed by atoms with Crippen molar-refractivity contribution in [1.82, 2.24) is 14.7 Å². The van der Waals surface area contributed by atoms with E-state index >= 15 is 0 Å².